The summed E-state index contributed by atoms with van der Waals surface area (Å²) in [6.45, 7) is 7.77. The second kappa shape index (κ2) is 7.77. The number of hydrogen-bond donors (Lipinski definition) is 1. The van der Waals surface area contributed by atoms with Gasteiger partial charge in [-0.25, -0.2) is 0 Å². The van der Waals surface area contributed by atoms with Crippen LogP contribution in [0.5, 0.6) is 0 Å². The Morgan fingerprint density at radius 2 is 2.25 bits per heavy atom. The summed E-state index contributed by atoms with van der Waals surface area (Å²) >= 11 is 8.01. The van der Waals surface area contributed by atoms with Crippen LogP contribution in [0.4, 0.5) is 0 Å². The summed E-state index contributed by atoms with van der Waals surface area (Å²) in [5.41, 5.74) is 1.21. The summed E-state index contributed by atoms with van der Waals surface area (Å²) in [6.07, 6.45) is 1.88. The Balaban J connectivity index is 2.28. The maximum atomic E-state index is 6.09. The molecule has 3 heteroatoms. The summed E-state index contributed by atoms with van der Waals surface area (Å²) in [4.78, 5) is 0. The van der Waals surface area contributed by atoms with Gasteiger partial charge in [0.15, 0.2) is 0 Å². The highest BCUT2D eigenvalue weighted by molar-refractivity contribution is 7.99. The van der Waals surface area contributed by atoms with E-state index in [0.717, 1.165) is 23.9 Å². The molecule has 0 bridgehead atoms. The minimum absolute atomic E-state index is 0.580. The second-order valence-electron chi connectivity index (χ2n) is 3.66. The Morgan fingerprint density at radius 1 is 1.50 bits per heavy atom. The van der Waals surface area contributed by atoms with Crippen LogP contribution in [-0.2, 0) is 5.75 Å². The van der Waals surface area contributed by atoms with E-state index in [-0.39, 0.29) is 0 Å². The zero-order chi connectivity index (χ0) is 11.8. The summed E-state index contributed by atoms with van der Waals surface area (Å²) in [5, 5.41) is 4.76. The first-order chi connectivity index (χ1) is 7.74. The van der Waals surface area contributed by atoms with Gasteiger partial charge in [-0.3, -0.25) is 0 Å². The van der Waals surface area contributed by atoms with E-state index in [4.69, 9.17) is 11.6 Å². The van der Waals surface area contributed by atoms with Gasteiger partial charge in [-0.15, -0.1) is 6.58 Å². The van der Waals surface area contributed by atoms with Gasteiger partial charge < -0.3 is 5.32 Å². The molecule has 0 heterocycles. The van der Waals surface area contributed by atoms with Crippen LogP contribution < -0.4 is 5.32 Å². The van der Waals surface area contributed by atoms with Crippen LogP contribution in [-0.4, -0.2) is 18.3 Å². The summed E-state index contributed by atoms with van der Waals surface area (Å²) < 4.78 is 0. The lowest BCUT2D eigenvalue weighted by molar-refractivity contribution is 0.740. The second-order valence-corrected chi connectivity index (χ2v) is 5.49. The van der Waals surface area contributed by atoms with Crippen LogP contribution in [0.2, 0.25) is 5.02 Å². The average molecular weight is 256 g/mol. The molecule has 0 saturated heterocycles. The monoisotopic (exact) mass is 255 g/mol. The van der Waals surface area contributed by atoms with Crippen LogP contribution in [0.3, 0.4) is 0 Å². The molecule has 0 aliphatic heterocycles. The Labute approximate surface area is 107 Å². The van der Waals surface area contributed by atoms with Crippen LogP contribution in [0, 0.1) is 0 Å². The Morgan fingerprint density at radius 3 is 2.94 bits per heavy atom. The molecule has 1 nitrogen and oxygen atoms in total. The Hall–Kier alpha value is -0.440. The number of thioether (sulfide) groups is 1. The molecule has 1 aromatic carbocycles. The Bertz CT molecular complexity index is 327. The molecule has 0 aliphatic rings. The number of hydrogen-bond acceptors (Lipinski definition) is 2. The lowest BCUT2D eigenvalue weighted by Gasteiger charge is -2.12. The first kappa shape index (κ1) is 13.6. The van der Waals surface area contributed by atoms with Crippen molar-refractivity contribution in [1.29, 1.82) is 0 Å². The van der Waals surface area contributed by atoms with E-state index in [1.807, 2.05) is 36.0 Å². The fraction of sp³-hybridized carbons (Fsp3) is 0.385. The highest BCUT2D eigenvalue weighted by Gasteiger charge is 2.04. The van der Waals surface area contributed by atoms with Crippen LogP contribution in [0.1, 0.15) is 12.5 Å². The van der Waals surface area contributed by atoms with Gasteiger partial charge in [0.2, 0.25) is 0 Å². The minimum atomic E-state index is 0.580. The molecule has 16 heavy (non-hydrogen) atoms. The maximum Gasteiger partial charge on any atom is 0.0446 e. The van der Waals surface area contributed by atoms with Crippen molar-refractivity contribution in [2.75, 3.05) is 13.1 Å². The fourth-order valence-electron chi connectivity index (χ4n) is 1.30. The van der Waals surface area contributed by atoms with E-state index in [2.05, 4.69) is 24.9 Å². The normalized spacial score (nSPS) is 12.4. The molecule has 1 atom stereocenters. The highest BCUT2D eigenvalue weighted by atomic mass is 35.5. The van der Waals surface area contributed by atoms with Crippen molar-refractivity contribution in [3.05, 3.63) is 47.5 Å². The van der Waals surface area contributed by atoms with Gasteiger partial charge in [-0.05, 0) is 11.6 Å². The molecule has 0 spiro atoms. The first-order valence-corrected chi connectivity index (χ1v) is 6.83. The lowest BCUT2D eigenvalue weighted by atomic mass is 10.2. The fourth-order valence-corrected chi connectivity index (χ4v) is 2.53. The predicted molar refractivity (Wildman–Crippen MR) is 75.3 cm³/mol. The lowest BCUT2D eigenvalue weighted by Crippen LogP contribution is -2.22. The van der Waals surface area contributed by atoms with Crippen LogP contribution in [0.25, 0.3) is 0 Å². The third-order valence-electron chi connectivity index (χ3n) is 2.20. The third-order valence-corrected chi connectivity index (χ3v) is 3.78. The van der Waals surface area contributed by atoms with Crippen molar-refractivity contribution in [3.8, 4) is 0 Å². The van der Waals surface area contributed by atoms with Gasteiger partial charge in [0.25, 0.3) is 0 Å². The number of halogens is 1. The SMILES string of the molecule is C=CCNCC(C)SCc1ccccc1Cl. The van der Waals surface area contributed by atoms with Crippen molar-refractivity contribution >= 4 is 23.4 Å². The quantitative estimate of drug-likeness (QED) is 0.589. The zero-order valence-corrected chi connectivity index (χ0v) is 11.2. The van der Waals surface area contributed by atoms with E-state index < -0.39 is 0 Å². The molecule has 1 aromatic rings. The van der Waals surface area contributed by atoms with Crippen LogP contribution in [0.15, 0.2) is 36.9 Å². The molecule has 0 saturated carbocycles. The van der Waals surface area contributed by atoms with Crippen molar-refractivity contribution in [3.63, 3.8) is 0 Å². The topological polar surface area (TPSA) is 12.0 Å². The van der Waals surface area contributed by atoms with Crippen LogP contribution >= 0.6 is 23.4 Å². The van der Waals surface area contributed by atoms with Gasteiger partial charge in [-0.1, -0.05) is 42.8 Å². The predicted octanol–water partition coefficient (Wildman–Crippen LogP) is 3.74. The molecule has 0 amide bonds. The molecule has 0 aliphatic carbocycles. The minimum Gasteiger partial charge on any atom is -0.312 e. The van der Waals surface area contributed by atoms with Gasteiger partial charge in [-0.2, -0.15) is 11.8 Å². The van der Waals surface area contributed by atoms with Crippen molar-refractivity contribution in [2.45, 2.75) is 17.9 Å². The molecular formula is C13H18ClNS. The van der Waals surface area contributed by atoms with Crippen molar-refractivity contribution in [2.24, 2.45) is 0 Å². The summed E-state index contributed by atoms with van der Waals surface area (Å²) in [7, 11) is 0. The molecule has 88 valence electrons. The highest BCUT2D eigenvalue weighted by Crippen LogP contribution is 2.23. The van der Waals surface area contributed by atoms with Gasteiger partial charge in [0.1, 0.15) is 0 Å². The van der Waals surface area contributed by atoms with Crippen molar-refractivity contribution < 1.29 is 0 Å². The van der Waals surface area contributed by atoms with E-state index in [0.29, 0.717) is 5.25 Å². The molecule has 1 unspecified atom stereocenters. The summed E-state index contributed by atoms with van der Waals surface area (Å²) in [5.74, 6) is 0.969. The van der Waals surface area contributed by atoms with E-state index in [9.17, 15) is 0 Å². The maximum absolute atomic E-state index is 6.09. The van der Waals surface area contributed by atoms with Gasteiger partial charge in [0, 0.05) is 29.1 Å². The first-order valence-electron chi connectivity index (χ1n) is 5.40. The molecule has 0 radical (unpaired) electrons. The zero-order valence-electron chi connectivity index (χ0n) is 9.58. The largest absolute Gasteiger partial charge is 0.312 e. The Kier molecular flexibility index (Phi) is 6.62. The van der Waals surface area contributed by atoms with E-state index in [1.165, 1.54) is 5.56 Å². The molecule has 0 fully saturated rings. The summed E-state index contributed by atoms with van der Waals surface area (Å²) in [6, 6.07) is 8.02. The standard InChI is InChI=1S/C13H18ClNS/c1-3-8-15-9-11(2)16-10-12-6-4-5-7-13(12)14/h3-7,11,15H,1,8-10H2,2H3. The van der Waals surface area contributed by atoms with Gasteiger partial charge >= 0.3 is 0 Å². The molecule has 1 rings (SSSR count). The number of benzene rings is 1. The van der Waals surface area contributed by atoms with Gasteiger partial charge in [0.05, 0.1) is 0 Å². The van der Waals surface area contributed by atoms with E-state index >= 15 is 0 Å². The average Bonchev–Trinajstić information content (AvgIpc) is 2.28. The number of rotatable bonds is 7. The van der Waals surface area contributed by atoms with Crippen molar-refractivity contribution in [1.82, 2.24) is 5.32 Å². The van der Waals surface area contributed by atoms with E-state index in [1.54, 1.807) is 0 Å². The molecule has 0 aromatic heterocycles. The third kappa shape index (κ3) is 5.06. The molecule has 1 N–H and O–H groups in total. The molecular weight excluding hydrogens is 238 g/mol. The number of nitrogens with one attached hydrogen (secondary N) is 1. The smallest absolute Gasteiger partial charge is 0.0446 e.